The van der Waals surface area contributed by atoms with E-state index in [-0.39, 0.29) is 5.56 Å². The van der Waals surface area contributed by atoms with Gasteiger partial charge in [-0.2, -0.15) is 4.52 Å². The van der Waals surface area contributed by atoms with Crippen molar-refractivity contribution in [1.29, 1.82) is 0 Å². The van der Waals surface area contributed by atoms with Crippen molar-refractivity contribution in [3.63, 3.8) is 0 Å². The zero-order valence-electron chi connectivity index (χ0n) is 15.7. The number of benzene rings is 1. The van der Waals surface area contributed by atoms with Gasteiger partial charge in [0.05, 0.1) is 5.56 Å². The van der Waals surface area contributed by atoms with Gasteiger partial charge < -0.3 is 15.1 Å². The van der Waals surface area contributed by atoms with E-state index in [2.05, 4.69) is 37.5 Å². The number of likely N-dealkylation sites (N-methyl/N-ethyl adjacent to an activating group) is 1. The molecule has 0 radical (unpaired) electrons. The lowest BCUT2D eigenvalue weighted by atomic mass is 10.2. The summed E-state index contributed by atoms with van der Waals surface area (Å²) in [4.78, 5) is 16.7. The lowest BCUT2D eigenvalue weighted by Crippen LogP contribution is -2.45. The third-order valence-electron chi connectivity index (χ3n) is 4.89. The molecule has 8 nitrogen and oxygen atoms in total. The van der Waals surface area contributed by atoms with Crippen molar-refractivity contribution < 1.29 is 9.18 Å². The number of hydrogen-bond donors (Lipinski definition) is 1. The maximum Gasteiger partial charge on any atom is 0.254 e. The number of nitrogens with one attached hydrogen (secondary N) is 1. The molecular formula is C19H22FN7O. The number of carbonyl (C=O) groups is 1. The third kappa shape index (κ3) is 3.79. The second kappa shape index (κ2) is 7.89. The summed E-state index contributed by atoms with van der Waals surface area (Å²) in [6.07, 6.45) is 0.445. The van der Waals surface area contributed by atoms with E-state index < -0.39 is 11.7 Å². The van der Waals surface area contributed by atoms with Crippen LogP contribution in [-0.4, -0.2) is 70.4 Å². The highest BCUT2D eigenvalue weighted by molar-refractivity contribution is 5.94. The third-order valence-corrected chi connectivity index (χ3v) is 4.89. The Morgan fingerprint density at radius 3 is 2.68 bits per heavy atom. The van der Waals surface area contributed by atoms with Gasteiger partial charge in [-0.1, -0.05) is 12.1 Å². The first-order valence-electron chi connectivity index (χ1n) is 9.29. The summed E-state index contributed by atoms with van der Waals surface area (Å²) in [5.74, 6) is 0.557. The zero-order chi connectivity index (χ0) is 19.5. The second-order valence-electron chi connectivity index (χ2n) is 6.85. The van der Waals surface area contributed by atoms with Gasteiger partial charge in [0, 0.05) is 39.1 Å². The molecule has 0 unspecified atom stereocenters. The number of carbonyl (C=O) groups excluding carboxylic acids is 1. The normalized spacial score (nSPS) is 15.1. The Bertz CT molecular complexity index is 981. The molecule has 28 heavy (non-hydrogen) atoms. The van der Waals surface area contributed by atoms with Gasteiger partial charge in [-0.15, -0.1) is 15.3 Å². The molecular weight excluding hydrogens is 361 g/mol. The van der Waals surface area contributed by atoms with Crippen LogP contribution in [0.25, 0.3) is 5.65 Å². The maximum atomic E-state index is 13.7. The first kappa shape index (κ1) is 18.3. The largest absolute Gasteiger partial charge is 0.353 e. The number of aromatic nitrogens is 4. The number of rotatable bonds is 5. The Hall–Kier alpha value is -3.07. The highest BCUT2D eigenvalue weighted by atomic mass is 19.1. The zero-order valence-corrected chi connectivity index (χ0v) is 15.7. The Kier molecular flexibility index (Phi) is 5.16. The molecule has 0 saturated carbocycles. The molecule has 1 N–H and O–H groups in total. The van der Waals surface area contributed by atoms with E-state index in [1.54, 1.807) is 16.6 Å². The van der Waals surface area contributed by atoms with Crippen LogP contribution in [0.2, 0.25) is 0 Å². The monoisotopic (exact) mass is 383 g/mol. The molecule has 3 heterocycles. The molecule has 9 heteroatoms. The van der Waals surface area contributed by atoms with Crippen LogP contribution < -0.4 is 10.2 Å². The highest BCUT2D eigenvalue weighted by Gasteiger charge is 2.17. The summed E-state index contributed by atoms with van der Waals surface area (Å²) < 4.78 is 15.4. The molecule has 1 aromatic carbocycles. The standard InChI is InChI=1S/C19H22FN7O/c1-25-10-12-26(13-11-25)18-7-6-16-22-23-17(27(16)24-18)8-9-21-19(28)14-4-2-3-5-15(14)20/h2-7H,8-13H2,1H3,(H,21,28). The van der Waals surface area contributed by atoms with Crippen molar-refractivity contribution in [3.05, 3.63) is 53.6 Å². The van der Waals surface area contributed by atoms with Gasteiger partial charge >= 0.3 is 0 Å². The summed E-state index contributed by atoms with van der Waals surface area (Å²) in [5, 5.41) is 15.7. The number of piperazine rings is 1. The second-order valence-corrected chi connectivity index (χ2v) is 6.85. The molecule has 3 aromatic rings. The summed E-state index contributed by atoms with van der Waals surface area (Å²) in [6, 6.07) is 9.77. The fourth-order valence-electron chi connectivity index (χ4n) is 3.21. The molecule has 1 aliphatic rings. The summed E-state index contributed by atoms with van der Waals surface area (Å²) in [6.45, 7) is 4.15. The van der Waals surface area contributed by atoms with Gasteiger partial charge in [0.15, 0.2) is 11.5 Å². The van der Waals surface area contributed by atoms with E-state index in [4.69, 9.17) is 0 Å². The Morgan fingerprint density at radius 2 is 1.89 bits per heavy atom. The predicted octanol–water partition coefficient (Wildman–Crippen LogP) is 0.988. The predicted molar refractivity (Wildman–Crippen MR) is 103 cm³/mol. The molecule has 0 spiro atoms. The summed E-state index contributed by atoms with van der Waals surface area (Å²) in [5.41, 5.74) is 0.692. The number of hydrogen-bond acceptors (Lipinski definition) is 6. The van der Waals surface area contributed by atoms with E-state index >= 15 is 0 Å². The molecule has 1 saturated heterocycles. The Labute approximate surface area is 162 Å². The minimum Gasteiger partial charge on any atom is -0.353 e. The number of anilines is 1. The lowest BCUT2D eigenvalue weighted by Gasteiger charge is -2.33. The molecule has 0 aliphatic carbocycles. The van der Waals surface area contributed by atoms with Crippen LogP contribution in [-0.2, 0) is 6.42 Å². The molecule has 2 aromatic heterocycles. The SMILES string of the molecule is CN1CCN(c2ccc3nnc(CCNC(=O)c4ccccc4F)n3n2)CC1. The number of amides is 1. The maximum absolute atomic E-state index is 13.7. The van der Waals surface area contributed by atoms with Crippen LogP contribution in [0, 0.1) is 5.82 Å². The number of fused-ring (bicyclic) bond motifs is 1. The fraction of sp³-hybridized carbons (Fsp3) is 0.368. The van der Waals surface area contributed by atoms with Crippen molar-refractivity contribution in [2.24, 2.45) is 0 Å². The Balaban J connectivity index is 1.43. The van der Waals surface area contributed by atoms with Crippen LogP contribution in [0.5, 0.6) is 0 Å². The molecule has 1 aliphatic heterocycles. The van der Waals surface area contributed by atoms with Crippen LogP contribution >= 0.6 is 0 Å². The molecule has 0 bridgehead atoms. The van der Waals surface area contributed by atoms with Crippen LogP contribution in [0.4, 0.5) is 10.2 Å². The quantitative estimate of drug-likeness (QED) is 0.708. The van der Waals surface area contributed by atoms with Gasteiger partial charge in [0.25, 0.3) is 5.91 Å². The van der Waals surface area contributed by atoms with E-state index in [1.807, 2.05) is 12.1 Å². The van der Waals surface area contributed by atoms with Gasteiger partial charge in [-0.25, -0.2) is 4.39 Å². The van der Waals surface area contributed by atoms with E-state index in [0.29, 0.717) is 24.4 Å². The highest BCUT2D eigenvalue weighted by Crippen LogP contribution is 2.14. The smallest absolute Gasteiger partial charge is 0.254 e. The fourth-order valence-corrected chi connectivity index (χ4v) is 3.21. The van der Waals surface area contributed by atoms with Crippen LogP contribution in [0.15, 0.2) is 36.4 Å². The first-order chi connectivity index (χ1) is 13.6. The summed E-state index contributed by atoms with van der Waals surface area (Å²) >= 11 is 0. The van der Waals surface area contributed by atoms with Crippen molar-refractivity contribution in [1.82, 2.24) is 30.0 Å². The van der Waals surface area contributed by atoms with Gasteiger partial charge in [-0.3, -0.25) is 4.79 Å². The first-order valence-corrected chi connectivity index (χ1v) is 9.29. The average Bonchev–Trinajstić information content (AvgIpc) is 3.11. The van der Waals surface area contributed by atoms with E-state index in [9.17, 15) is 9.18 Å². The van der Waals surface area contributed by atoms with Crippen molar-refractivity contribution in [2.75, 3.05) is 44.7 Å². The van der Waals surface area contributed by atoms with E-state index in [1.165, 1.54) is 12.1 Å². The van der Waals surface area contributed by atoms with Crippen molar-refractivity contribution in [2.45, 2.75) is 6.42 Å². The molecule has 1 fully saturated rings. The average molecular weight is 383 g/mol. The molecule has 146 valence electrons. The lowest BCUT2D eigenvalue weighted by molar-refractivity contribution is 0.0950. The topological polar surface area (TPSA) is 78.7 Å². The van der Waals surface area contributed by atoms with Crippen LogP contribution in [0.1, 0.15) is 16.2 Å². The number of nitrogens with zero attached hydrogens (tertiary/aromatic N) is 6. The molecule has 4 rings (SSSR count). The Morgan fingerprint density at radius 1 is 1.11 bits per heavy atom. The van der Waals surface area contributed by atoms with Gasteiger partial charge in [0.1, 0.15) is 11.6 Å². The summed E-state index contributed by atoms with van der Waals surface area (Å²) in [7, 11) is 2.11. The van der Waals surface area contributed by atoms with Gasteiger partial charge in [-0.05, 0) is 31.3 Å². The van der Waals surface area contributed by atoms with Gasteiger partial charge in [0.2, 0.25) is 0 Å². The van der Waals surface area contributed by atoms with Crippen LogP contribution in [0.3, 0.4) is 0 Å². The molecule has 1 amide bonds. The molecule has 0 atom stereocenters. The van der Waals surface area contributed by atoms with E-state index in [0.717, 1.165) is 32.0 Å². The number of halogens is 1. The van der Waals surface area contributed by atoms with Crippen molar-refractivity contribution >= 4 is 17.4 Å². The van der Waals surface area contributed by atoms with Crippen molar-refractivity contribution in [3.8, 4) is 0 Å². The minimum atomic E-state index is -0.536. The minimum absolute atomic E-state index is 0.0316.